The molecule has 3 atom stereocenters. The van der Waals surface area contributed by atoms with E-state index in [9.17, 15) is 4.79 Å². The van der Waals surface area contributed by atoms with Gasteiger partial charge in [-0.15, -0.1) is 0 Å². The van der Waals surface area contributed by atoms with E-state index >= 15 is 0 Å². The Balaban J connectivity index is 2.02. The molecule has 0 aliphatic heterocycles. The number of nitrogens with zero attached hydrogens (tertiary/aromatic N) is 2. The molecule has 3 unspecified atom stereocenters. The molecule has 2 aromatic rings. The number of benzene rings is 1. The molecule has 3 aliphatic rings. The molecule has 0 amide bonds. The molecule has 2 bridgehead atoms. The summed E-state index contributed by atoms with van der Waals surface area (Å²) in [4.78, 5) is 14.8. The maximum absolute atomic E-state index is 10.7. The van der Waals surface area contributed by atoms with Crippen LogP contribution in [0.1, 0.15) is 49.3 Å². The molecule has 0 saturated heterocycles. The van der Waals surface area contributed by atoms with E-state index in [0.717, 1.165) is 19.4 Å². The summed E-state index contributed by atoms with van der Waals surface area (Å²) in [6, 6.07) is 8.86. The predicted octanol–water partition coefficient (Wildman–Crippen LogP) is 3.73. The average Bonchev–Trinajstić information content (AvgIpc) is 2.84. The minimum atomic E-state index is 0.147. The second-order valence-corrected chi connectivity index (χ2v) is 5.96. The van der Waals surface area contributed by atoms with E-state index in [1.807, 2.05) is 0 Å². The molecule has 1 aromatic heterocycles. The lowest BCUT2D eigenvalue weighted by atomic mass is 9.66. The lowest BCUT2D eigenvalue weighted by molar-refractivity contribution is 0.304. The van der Waals surface area contributed by atoms with Crippen molar-refractivity contribution in [1.82, 2.24) is 4.57 Å². The van der Waals surface area contributed by atoms with Crippen molar-refractivity contribution in [2.45, 2.75) is 50.6 Å². The summed E-state index contributed by atoms with van der Waals surface area (Å²) in [6.07, 6.45) is 5.20. The maximum Gasteiger partial charge on any atom is 0.235 e. The predicted molar refractivity (Wildman–Crippen MR) is 78.9 cm³/mol. The molecular formula is C17H18N2O. The third-order valence-corrected chi connectivity index (χ3v) is 5.16. The van der Waals surface area contributed by atoms with Gasteiger partial charge in [0.1, 0.15) is 0 Å². The SMILES string of the molecule is CCn1c2c(c3ccccc31)C1CCC2C(N=C=O)C1. The van der Waals surface area contributed by atoms with Gasteiger partial charge in [0.05, 0.1) is 6.04 Å². The standard InChI is InChI=1S/C17H18N2O/c1-2-19-15-6-4-3-5-13(15)16-11-7-8-12(17(16)19)14(9-11)18-10-20/h3-6,11-12,14H,2,7-9H2,1H3. The number of rotatable bonds is 2. The van der Waals surface area contributed by atoms with E-state index in [-0.39, 0.29) is 6.04 Å². The lowest BCUT2D eigenvalue weighted by Gasteiger charge is -2.41. The van der Waals surface area contributed by atoms with Gasteiger partial charge in [-0.3, -0.25) is 0 Å². The van der Waals surface area contributed by atoms with Crippen LogP contribution in [0.5, 0.6) is 0 Å². The van der Waals surface area contributed by atoms with Crippen molar-refractivity contribution in [1.29, 1.82) is 0 Å². The number of aryl methyl sites for hydroxylation is 1. The Morgan fingerprint density at radius 3 is 3.00 bits per heavy atom. The molecule has 0 spiro atoms. The number of aromatic nitrogens is 1. The largest absolute Gasteiger partial charge is 0.344 e. The smallest absolute Gasteiger partial charge is 0.235 e. The summed E-state index contributed by atoms with van der Waals surface area (Å²) < 4.78 is 2.44. The van der Waals surface area contributed by atoms with Crippen LogP contribution in [0, 0.1) is 0 Å². The van der Waals surface area contributed by atoms with Crippen LogP contribution < -0.4 is 0 Å². The first-order chi connectivity index (χ1) is 9.85. The van der Waals surface area contributed by atoms with Crippen molar-refractivity contribution in [2.24, 2.45) is 4.99 Å². The fourth-order valence-electron chi connectivity index (χ4n) is 4.46. The molecule has 3 nitrogen and oxygen atoms in total. The molecule has 3 aliphatic carbocycles. The minimum Gasteiger partial charge on any atom is -0.344 e. The topological polar surface area (TPSA) is 34.4 Å². The van der Waals surface area contributed by atoms with Crippen LogP contribution in [-0.4, -0.2) is 16.7 Å². The second kappa shape index (κ2) is 4.32. The molecule has 20 heavy (non-hydrogen) atoms. The van der Waals surface area contributed by atoms with E-state index in [2.05, 4.69) is 40.7 Å². The fourth-order valence-corrected chi connectivity index (χ4v) is 4.46. The first-order valence-electron chi connectivity index (χ1n) is 7.53. The molecular weight excluding hydrogens is 248 g/mol. The minimum absolute atomic E-state index is 0.147. The molecule has 1 heterocycles. The normalized spacial score (nSPS) is 27.4. The number of hydrogen-bond acceptors (Lipinski definition) is 2. The van der Waals surface area contributed by atoms with Crippen molar-refractivity contribution < 1.29 is 4.79 Å². The summed E-state index contributed by atoms with van der Waals surface area (Å²) in [7, 11) is 0. The van der Waals surface area contributed by atoms with Crippen LogP contribution in [0.4, 0.5) is 0 Å². The zero-order valence-corrected chi connectivity index (χ0v) is 11.7. The molecule has 0 N–H and O–H groups in total. The van der Waals surface area contributed by atoms with E-state index < -0.39 is 0 Å². The first-order valence-corrected chi connectivity index (χ1v) is 7.53. The van der Waals surface area contributed by atoms with Crippen LogP contribution >= 0.6 is 0 Å². The zero-order valence-electron chi connectivity index (χ0n) is 11.7. The van der Waals surface area contributed by atoms with Crippen LogP contribution in [0.3, 0.4) is 0 Å². The van der Waals surface area contributed by atoms with E-state index in [0.29, 0.717) is 11.8 Å². The van der Waals surface area contributed by atoms with E-state index in [1.54, 1.807) is 6.08 Å². The van der Waals surface area contributed by atoms with E-state index in [1.165, 1.54) is 28.6 Å². The summed E-state index contributed by atoms with van der Waals surface area (Å²) in [5.74, 6) is 0.971. The fraction of sp³-hybridized carbons (Fsp3) is 0.471. The Bertz CT molecular complexity index is 724. The molecule has 3 heteroatoms. The molecule has 1 saturated carbocycles. The second-order valence-electron chi connectivity index (χ2n) is 5.96. The number of para-hydroxylation sites is 1. The van der Waals surface area contributed by atoms with Gasteiger partial charge in [0.15, 0.2) is 0 Å². The highest BCUT2D eigenvalue weighted by Gasteiger charge is 2.43. The summed E-state index contributed by atoms with van der Waals surface area (Å²) in [6.45, 7) is 3.18. The van der Waals surface area contributed by atoms with Gasteiger partial charge in [-0.2, -0.15) is 0 Å². The van der Waals surface area contributed by atoms with Gasteiger partial charge in [0, 0.05) is 29.1 Å². The third-order valence-electron chi connectivity index (χ3n) is 5.16. The highest BCUT2D eigenvalue weighted by atomic mass is 16.1. The number of hydrogen-bond donors (Lipinski definition) is 0. The molecule has 1 fully saturated rings. The quantitative estimate of drug-likeness (QED) is 0.602. The van der Waals surface area contributed by atoms with Crippen molar-refractivity contribution >= 4 is 17.0 Å². The molecule has 0 radical (unpaired) electrons. The number of aliphatic imine (C=N–C) groups is 1. The van der Waals surface area contributed by atoms with Gasteiger partial charge in [0.2, 0.25) is 6.08 Å². The highest BCUT2D eigenvalue weighted by molar-refractivity contribution is 5.87. The monoisotopic (exact) mass is 266 g/mol. The Kier molecular flexibility index (Phi) is 2.58. The molecule has 1 aromatic carbocycles. The zero-order chi connectivity index (χ0) is 13.7. The average molecular weight is 266 g/mol. The Hall–Kier alpha value is -1.86. The van der Waals surface area contributed by atoms with Crippen LogP contribution in [0.25, 0.3) is 10.9 Å². The summed E-state index contributed by atoms with van der Waals surface area (Å²) in [5, 5.41) is 1.41. The summed E-state index contributed by atoms with van der Waals surface area (Å²) in [5.41, 5.74) is 4.32. The molecule has 5 rings (SSSR count). The van der Waals surface area contributed by atoms with Gasteiger partial charge in [-0.1, -0.05) is 18.2 Å². The number of carbonyl (C=O) groups excluding carboxylic acids is 1. The van der Waals surface area contributed by atoms with Crippen LogP contribution in [0.2, 0.25) is 0 Å². The van der Waals surface area contributed by atoms with Gasteiger partial charge < -0.3 is 4.57 Å². The van der Waals surface area contributed by atoms with Crippen LogP contribution in [-0.2, 0) is 11.3 Å². The summed E-state index contributed by atoms with van der Waals surface area (Å²) >= 11 is 0. The van der Waals surface area contributed by atoms with Crippen molar-refractivity contribution in [3.05, 3.63) is 35.5 Å². The Morgan fingerprint density at radius 1 is 1.35 bits per heavy atom. The van der Waals surface area contributed by atoms with Gasteiger partial charge in [-0.25, -0.2) is 9.79 Å². The first kappa shape index (κ1) is 11.9. The van der Waals surface area contributed by atoms with Crippen LogP contribution in [0.15, 0.2) is 29.3 Å². The Labute approximate surface area is 118 Å². The Morgan fingerprint density at radius 2 is 2.20 bits per heavy atom. The lowest BCUT2D eigenvalue weighted by Crippen LogP contribution is -2.33. The van der Waals surface area contributed by atoms with Gasteiger partial charge >= 0.3 is 0 Å². The number of fused-ring (bicyclic) bond motifs is 3. The van der Waals surface area contributed by atoms with Crippen molar-refractivity contribution in [3.63, 3.8) is 0 Å². The van der Waals surface area contributed by atoms with Crippen molar-refractivity contribution in [3.8, 4) is 0 Å². The maximum atomic E-state index is 10.7. The van der Waals surface area contributed by atoms with Gasteiger partial charge in [0.25, 0.3) is 0 Å². The van der Waals surface area contributed by atoms with E-state index in [4.69, 9.17) is 0 Å². The molecule has 102 valence electrons. The van der Waals surface area contributed by atoms with Gasteiger partial charge in [-0.05, 0) is 43.7 Å². The van der Waals surface area contributed by atoms with Crippen molar-refractivity contribution in [2.75, 3.05) is 0 Å². The third kappa shape index (κ3) is 1.41. The highest BCUT2D eigenvalue weighted by Crippen LogP contribution is 2.53. The number of isocyanates is 1.